The van der Waals surface area contributed by atoms with Crippen molar-refractivity contribution in [3.8, 4) is 0 Å². The monoisotopic (exact) mass is 347 g/mol. The Morgan fingerprint density at radius 3 is 2.88 bits per heavy atom. The third kappa shape index (κ3) is 3.36. The van der Waals surface area contributed by atoms with Gasteiger partial charge in [-0.1, -0.05) is 6.92 Å². The third-order valence-electron chi connectivity index (χ3n) is 4.01. The molecule has 128 valence electrons. The van der Waals surface area contributed by atoms with Gasteiger partial charge < -0.3 is 10.1 Å². The normalized spacial score (nSPS) is 13.4. The molecule has 1 N–H and O–H groups in total. The second-order valence-electron chi connectivity index (χ2n) is 5.91. The first-order valence-electron chi connectivity index (χ1n) is 8.21. The van der Waals surface area contributed by atoms with Gasteiger partial charge in [0, 0.05) is 18.1 Å². The summed E-state index contributed by atoms with van der Waals surface area (Å²) in [6.07, 6.45) is 7.94. The van der Waals surface area contributed by atoms with Gasteiger partial charge >= 0.3 is 5.97 Å². The minimum atomic E-state index is -0.335. The summed E-state index contributed by atoms with van der Waals surface area (Å²) in [4.78, 5) is 26.1. The molecule has 1 aliphatic carbocycles. The number of carbonyl (C=O) groups excluding carboxylic acids is 2. The van der Waals surface area contributed by atoms with Crippen LogP contribution in [0.15, 0.2) is 12.4 Å². The second kappa shape index (κ2) is 7.17. The van der Waals surface area contributed by atoms with E-state index in [9.17, 15) is 9.59 Å². The van der Waals surface area contributed by atoms with Crippen LogP contribution in [0.1, 0.15) is 57.3 Å². The highest BCUT2D eigenvalue weighted by Crippen LogP contribution is 2.38. The fourth-order valence-electron chi connectivity index (χ4n) is 2.85. The lowest BCUT2D eigenvalue weighted by Crippen LogP contribution is -2.15. The minimum Gasteiger partial charge on any atom is -0.462 e. The maximum Gasteiger partial charge on any atom is 0.341 e. The molecular weight excluding hydrogens is 326 g/mol. The standard InChI is InChI=1S/C17H21N3O3S/c1-3-8-23-17(22)14-12-6-4-5-7-13(12)24-16(14)19-15(21)11-9-18-20(2)10-11/h9-10H,3-8H2,1-2H3,(H,19,21). The van der Waals surface area contributed by atoms with E-state index in [-0.39, 0.29) is 11.9 Å². The molecule has 3 rings (SSSR count). The highest BCUT2D eigenvalue weighted by atomic mass is 32.1. The average Bonchev–Trinajstić information content (AvgIpc) is 3.15. The molecule has 0 saturated carbocycles. The molecule has 1 aliphatic rings. The molecule has 2 heterocycles. The number of hydrogen-bond donors (Lipinski definition) is 1. The number of hydrogen-bond acceptors (Lipinski definition) is 5. The highest BCUT2D eigenvalue weighted by Gasteiger charge is 2.27. The molecule has 2 aromatic heterocycles. The lowest BCUT2D eigenvalue weighted by Gasteiger charge is -2.12. The van der Waals surface area contributed by atoms with Crippen molar-refractivity contribution in [3.05, 3.63) is 34.0 Å². The Bertz CT molecular complexity index is 763. The van der Waals surface area contributed by atoms with Crippen LogP contribution in [0, 0.1) is 0 Å². The zero-order valence-electron chi connectivity index (χ0n) is 13.9. The smallest absolute Gasteiger partial charge is 0.341 e. The molecule has 0 fully saturated rings. The SMILES string of the molecule is CCCOC(=O)c1c(NC(=O)c2cnn(C)c2)sc2c1CCCC2. The van der Waals surface area contributed by atoms with Crippen LogP contribution in [0.4, 0.5) is 5.00 Å². The zero-order valence-corrected chi connectivity index (χ0v) is 14.7. The van der Waals surface area contributed by atoms with Crippen LogP contribution in [-0.4, -0.2) is 28.3 Å². The van der Waals surface area contributed by atoms with Crippen molar-refractivity contribution in [1.82, 2.24) is 9.78 Å². The van der Waals surface area contributed by atoms with Gasteiger partial charge in [0.1, 0.15) is 5.00 Å². The predicted octanol–water partition coefficient (Wildman–Crippen LogP) is 3.18. The first kappa shape index (κ1) is 16.7. The van der Waals surface area contributed by atoms with Gasteiger partial charge in [0.2, 0.25) is 0 Å². The van der Waals surface area contributed by atoms with E-state index in [4.69, 9.17) is 4.74 Å². The van der Waals surface area contributed by atoms with Crippen molar-refractivity contribution >= 4 is 28.2 Å². The number of thiophene rings is 1. The third-order valence-corrected chi connectivity index (χ3v) is 5.21. The van der Waals surface area contributed by atoms with Crippen LogP contribution in [0.5, 0.6) is 0 Å². The summed E-state index contributed by atoms with van der Waals surface area (Å²) in [5.41, 5.74) is 2.06. The quantitative estimate of drug-likeness (QED) is 0.843. The maximum absolute atomic E-state index is 12.5. The number of amides is 1. The zero-order chi connectivity index (χ0) is 17.1. The summed E-state index contributed by atoms with van der Waals surface area (Å²) in [5, 5.41) is 7.48. The van der Waals surface area contributed by atoms with Crippen molar-refractivity contribution in [2.24, 2.45) is 7.05 Å². The molecule has 7 heteroatoms. The van der Waals surface area contributed by atoms with Crippen molar-refractivity contribution < 1.29 is 14.3 Å². The first-order chi connectivity index (χ1) is 11.6. The average molecular weight is 347 g/mol. The largest absolute Gasteiger partial charge is 0.462 e. The number of nitrogens with zero attached hydrogens (tertiary/aromatic N) is 2. The molecular formula is C17H21N3O3S. The summed E-state index contributed by atoms with van der Waals surface area (Å²) in [7, 11) is 1.76. The van der Waals surface area contributed by atoms with Gasteiger partial charge in [-0.3, -0.25) is 9.48 Å². The van der Waals surface area contributed by atoms with Gasteiger partial charge in [-0.25, -0.2) is 4.79 Å². The van der Waals surface area contributed by atoms with Crippen molar-refractivity contribution in [2.75, 3.05) is 11.9 Å². The van der Waals surface area contributed by atoms with Crippen LogP contribution < -0.4 is 5.32 Å². The molecule has 0 atom stereocenters. The number of fused-ring (bicyclic) bond motifs is 1. The summed E-state index contributed by atoms with van der Waals surface area (Å²) in [6, 6.07) is 0. The summed E-state index contributed by atoms with van der Waals surface area (Å²) in [6.45, 7) is 2.35. The van der Waals surface area contributed by atoms with Crippen LogP contribution in [0.3, 0.4) is 0 Å². The Morgan fingerprint density at radius 1 is 1.38 bits per heavy atom. The molecule has 0 spiro atoms. The lowest BCUT2D eigenvalue weighted by atomic mass is 9.95. The van der Waals surface area contributed by atoms with Gasteiger partial charge in [0.15, 0.2) is 0 Å². The molecule has 0 aromatic carbocycles. The number of anilines is 1. The first-order valence-corrected chi connectivity index (χ1v) is 9.03. The fourth-order valence-corrected chi connectivity index (χ4v) is 4.12. The number of aryl methyl sites for hydroxylation is 2. The molecule has 0 radical (unpaired) electrons. The molecule has 0 unspecified atom stereocenters. The van der Waals surface area contributed by atoms with Gasteiger partial charge in [-0.2, -0.15) is 5.10 Å². The Hall–Kier alpha value is -2.15. The van der Waals surface area contributed by atoms with Crippen molar-refractivity contribution in [1.29, 1.82) is 0 Å². The number of ether oxygens (including phenoxy) is 1. The minimum absolute atomic E-state index is 0.258. The molecule has 24 heavy (non-hydrogen) atoms. The number of nitrogens with one attached hydrogen (secondary N) is 1. The number of carbonyl (C=O) groups is 2. The van der Waals surface area contributed by atoms with Gasteiger partial charge in [-0.05, 0) is 37.7 Å². The maximum atomic E-state index is 12.5. The number of rotatable bonds is 5. The predicted molar refractivity (Wildman–Crippen MR) is 92.7 cm³/mol. The van der Waals surface area contributed by atoms with Crippen LogP contribution in [0.2, 0.25) is 0 Å². The van der Waals surface area contributed by atoms with Crippen LogP contribution >= 0.6 is 11.3 Å². The van der Waals surface area contributed by atoms with E-state index >= 15 is 0 Å². The van der Waals surface area contributed by atoms with E-state index in [1.807, 2.05) is 6.92 Å². The number of esters is 1. The van der Waals surface area contributed by atoms with E-state index in [1.165, 1.54) is 22.4 Å². The van der Waals surface area contributed by atoms with E-state index in [2.05, 4.69) is 10.4 Å². The van der Waals surface area contributed by atoms with Gasteiger partial charge in [0.05, 0.1) is 23.9 Å². The van der Waals surface area contributed by atoms with E-state index in [0.717, 1.165) is 37.7 Å². The molecule has 1 amide bonds. The molecule has 0 aliphatic heterocycles. The van der Waals surface area contributed by atoms with Gasteiger partial charge in [-0.15, -0.1) is 11.3 Å². The highest BCUT2D eigenvalue weighted by molar-refractivity contribution is 7.17. The Balaban J connectivity index is 1.90. The number of aromatic nitrogens is 2. The topological polar surface area (TPSA) is 73.2 Å². The van der Waals surface area contributed by atoms with Crippen molar-refractivity contribution in [2.45, 2.75) is 39.0 Å². The van der Waals surface area contributed by atoms with E-state index in [1.54, 1.807) is 17.9 Å². The van der Waals surface area contributed by atoms with E-state index in [0.29, 0.717) is 22.7 Å². The molecule has 0 saturated heterocycles. The Labute approximate surface area is 144 Å². The Morgan fingerprint density at radius 2 is 2.17 bits per heavy atom. The summed E-state index contributed by atoms with van der Waals surface area (Å²) >= 11 is 1.49. The summed E-state index contributed by atoms with van der Waals surface area (Å²) in [5.74, 6) is -0.594. The molecule has 2 aromatic rings. The Kier molecular flexibility index (Phi) is 4.99. The second-order valence-corrected chi connectivity index (χ2v) is 7.01. The van der Waals surface area contributed by atoms with E-state index < -0.39 is 0 Å². The van der Waals surface area contributed by atoms with Crippen LogP contribution in [-0.2, 0) is 24.6 Å². The van der Waals surface area contributed by atoms with Crippen molar-refractivity contribution in [3.63, 3.8) is 0 Å². The van der Waals surface area contributed by atoms with Gasteiger partial charge in [0.25, 0.3) is 5.91 Å². The molecule has 6 nitrogen and oxygen atoms in total. The fraction of sp³-hybridized carbons (Fsp3) is 0.471. The molecule has 0 bridgehead atoms. The summed E-state index contributed by atoms with van der Waals surface area (Å²) < 4.78 is 6.91. The van der Waals surface area contributed by atoms with Crippen LogP contribution in [0.25, 0.3) is 0 Å². The lowest BCUT2D eigenvalue weighted by molar-refractivity contribution is 0.0505.